The highest BCUT2D eigenvalue weighted by molar-refractivity contribution is 6.32. The van der Waals surface area contributed by atoms with Gasteiger partial charge in [0.2, 0.25) is 5.89 Å². The minimum absolute atomic E-state index is 0.0294. The zero-order valence-electron chi connectivity index (χ0n) is 18.2. The first-order valence-electron chi connectivity index (χ1n) is 10.4. The minimum atomic E-state index is -0.655. The van der Waals surface area contributed by atoms with E-state index in [1.165, 1.54) is 24.3 Å². The number of ether oxygens (including phenoxy) is 1. The van der Waals surface area contributed by atoms with Crippen LogP contribution in [0.1, 0.15) is 17.1 Å². The van der Waals surface area contributed by atoms with Gasteiger partial charge in [0.1, 0.15) is 5.75 Å². The summed E-state index contributed by atoms with van der Waals surface area (Å²) in [4.78, 5) is 4.02. The summed E-state index contributed by atoms with van der Waals surface area (Å²) >= 11 is 12.2. The minimum Gasteiger partial charge on any atom is -0.453 e. The third-order valence-electron chi connectivity index (χ3n) is 5.20. The monoisotopic (exact) mass is 510 g/mol. The van der Waals surface area contributed by atoms with E-state index < -0.39 is 5.82 Å². The molecule has 11 heteroatoms. The molecule has 0 saturated carbocycles. The molecule has 0 unspecified atom stereocenters. The molecule has 0 aliphatic heterocycles. The number of benzene rings is 2. The molecule has 0 bridgehead atoms. The largest absolute Gasteiger partial charge is 0.453 e. The van der Waals surface area contributed by atoms with Crippen molar-refractivity contribution in [2.24, 2.45) is 0 Å². The van der Waals surface area contributed by atoms with Crippen molar-refractivity contribution in [1.82, 2.24) is 25.0 Å². The molecule has 0 fully saturated rings. The molecule has 0 aliphatic rings. The highest BCUT2D eigenvalue weighted by Crippen LogP contribution is 2.36. The van der Waals surface area contributed by atoms with Gasteiger partial charge in [-0.2, -0.15) is 5.10 Å². The Hall–Kier alpha value is -3.95. The Balaban J connectivity index is 1.40. The number of hydrogen-bond donors (Lipinski definition) is 1. The number of pyridine rings is 1. The zero-order valence-corrected chi connectivity index (χ0v) is 19.8. The lowest BCUT2D eigenvalue weighted by Crippen LogP contribution is -1.98. The van der Waals surface area contributed by atoms with Crippen LogP contribution in [-0.2, 0) is 6.42 Å². The number of nitrogen functional groups attached to an aromatic ring is 1. The molecule has 2 aromatic carbocycles. The van der Waals surface area contributed by atoms with Crippen LogP contribution in [0.15, 0.2) is 65.5 Å². The topological polar surface area (TPSA) is 105 Å². The smallest absolute Gasteiger partial charge is 0.251 e. The molecule has 0 saturated heterocycles. The Morgan fingerprint density at radius 2 is 1.89 bits per heavy atom. The summed E-state index contributed by atoms with van der Waals surface area (Å²) in [5.74, 6) is -0.0551. The lowest BCUT2D eigenvalue weighted by Gasteiger charge is -2.12. The Bertz CT molecular complexity index is 1500. The predicted octanol–water partition coefficient (Wildman–Crippen LogP) is 6.04. The highest BCUT2D eigenvalue weighted by Gasteiger charge is 2.20. The summed E-state index contributed by atoms with van der Waals surface area (Å²) in [5, 5.41) is 13.0. The second-order valence-corrected chi connectivity index (χ2v) is 8.45. The van der Waals surface area contributed by atoms with Crippen molar-refractivity contribution < 1.29 is 13.5 Å². The third kappa shape index (κ3) is 4.68. The second kappa shape index (κ2) is 9.36. The number of hydrogen-bond acceptors (Lipinski definition) is 7. The Morgan fingerprint density at radius 1 is 1.09 bits per heavy atom. The van der Waals surface area contributed by atoms with Gasteiger partial charge in [-0.1, -0.05) is 29.3 Å². The van der Waals surface area contributed by atoms with Crippen LogP contribution in [0, 0.1) is 12.7 Å². The molecule has 3 heterocycles. The summed E-state index contributed by atoms with van der Waals surface area (Å²) in [6.07, 6.45) is 5.03. The molecule has 0 spiro atoms. The fourth-order valence-corrected chi connectivity index (χ4v) is 3.94. The molecule has 0 aliphatic carbocycles. The van der Waals surface area contributed by atoms with Crippen molar-refractivity contribution in [2.45, 2.75) is 13.3 Å². The van der Waals surface area contributed by atoms with Gasteiger partial charge >= 0.3 is 0 Å². The van der Waals surface area contributed by atoms with Gasteiger partial charge in [-0.25, -0.2) is 9.07 Å². The van der Waals surface area contributed by atoms with Crippen LogP contribution < -0.4 is 10.5 Å². The van der Waals surface area contributed by atoms with Gasteiger partial charge < -0.3 is 14.9 Å². The van der Waals surface area contributed by atoms with Crippen LogP contribution in [0.2, 0.25) is 10.0 Å². The molecule has 8 nitrogen and oxygen atoms in total. The van der Waals surface area contributed by atoms with Crippen LogP contribution in [0.4, 0.5) is 10.1 Å². The lowest BCUT2D eigenvalue weighted by atomic mass is 10.1. The Labute approximate surface area is 209 Å². The van der Waals surface area contributed by atoms with E-state index >= 15 is 4.39 Å². The normalized spacial score (nSPS) is 11.1. The van der Waals surface area contributed by atoms with Crippen molar-refractivity contribution >= 4 is 28.9 Å². The second-order valence-electron chi connectivity index (χ2n) is 7.61. The van der Waals surface area contributed by atoms with E-state index in [1.54, 1.807) is 29.3 Å². The molecule has 0 atom stereocenters. The predicted molar refractivity (Wildman–Crippen MR) is 130 cm³/mol. The van der Waals surface area contributed by atoms with E-state index in [-0.39, 0.29) is 40.3 Å². The maximum atomic E-state index is 15.3. The standard InChI is InChI=1S/C24H17Cl2FN6O2/c1-13-19(12-30-33(13)17-4-6-29-7-5-17)24-32-31-21(35-24)8-14-2-3-20(26)23(22(14)27)34-18-10-15(25)9-16(28)11-18/h2-7,9-12H,8,28H2,1H3. The average Bonchev–Trinajstić information content (AvgIpc) is 3.44. The van der Waals surface area contributed by atoms with Crippen LogP contribution >= 0.6 is 23.2 Å². The summed E-state index contributed by atoms with van der Waals surface area (Å²) < 4.78 is 28.5. The first-order valence-corrected chi connectivity index (χ1v) is 11.1. The summed E-state index contributed by atoms with van der Waals surface area (Å²) in [7, 11) is 0. The Morgan fingerprint density at radius 3 is 2.66 bits per heavy atom. The van der Waals surface area contributed by atoms with Gasteiger partial charge in [0.15, 0.2) is 11.6 Å². The molecule has 5 aromatic rings. The van der Waals surface area contributed by atoms with E-state index in [2.05, 4.69) is 20.3 Å². The number of rotatable bonds is 6. The first-order chi connectivity index (χ1) is 16.9. The quantitative estimate of drug-likeness (QED) is 0.277. The molecule has 0 radical (unpaired) electrons. The van der Waals surface area contributed by atoms with Crippen LogP contribution in [0.5, 0.6) is 11.5 Å². The molecule has 0 amide bonds. The molecule has 5 rings (SSSR count). The van der Waals surface area contributed by atoms with Crippen molar-refractivity contribution in [3.8, 4) is 28.6 Å². The number of aromatic nitrogens is 5. The van der Waals surface area contributed by atoms with Crippen molar-refractivity contribution in [3.63, 3.8) is 0 Å². The average molecular weight is 511 g/mol. The van der Waals surface area contributed by atoms with Gasteiger partial charge in [-0.15, -0.1) is 10.2 Å². The molecule has 35 heavy (non-hydrogen) atoms. The SMILES string of the molecule is Cc1c(-c2nnc(Cc3ccc(Cl)c(Oc4cc(N)cc(Cl)c4)c3F)o2)cnn1-c1ccncc1. The first kappa shape index (κ1) is 22.8. The van der Waals surface area contributed by atoms with Crippen LogP contribution in [-0.4, -0.2) is 25.0 Å². The van der Waals surface area contributed by atoms with Gasteiger partial charge in [0.25, 0.3) is 5.89 Å². The molecule has 176 valence electrons. The van der Waals surface area contributed by atoms with E-state index in [0.29, 0.717) is 16.3 Å². The third-order valence-corrected chi connectivity index (χ3v) is 5.71. The highest BCUT2D eigenvalue weighted by atomic mass is 35.5. The van der Waals surface area contributed by atoms with Gasteiger partial charge in [0.05, 0.1) is 34.6 Å². The number of nitrogens with zero attached hydrogens (tertiary/aromatic N) is 5. The fourth-order valence-electron chi connectivity index (χ4n) is 3.53. The molecule has 2 N–H and O–H groups in total. The summed E-state index contributed by atoms with van der Waals surface area (Å²) in [5.41, 5.74) is 8.75. The van der Waals surface area contributed by atoms with Crippen LogP contribution in [0.25, 0.3) is 17.1 Å². The lowest BCUT2D eigenvalue weighted by molar-refractivity contribution is 0.437. The van der Waals surface area contributed by atoms with E-state index in [4.69, 9.17) is 38.1 Å². The van der Waals surface area contributed by atoms with Gasteiger partial charge in [0, 0.05) is 34.7 Å². The maximum absolute atomic E-state index is 15.3. The molecule has 3 aromatic heterocycles. The van der Waals surface area contributed by atoms with Crippen molar-refractivity contribution in [1.29, 1.82) is 0 Å². The molecular weight excluding hydrogens is 494 g/mol. The summed E-state index contributed by atoms with van der Waals surface area (Å²) in [6.45, 7) is 1.89. The van der Waals surface area contributed by atoms with Gasteiger partial charge in [-0.3, -0.25) is 4.98 Å². The van der Waals surface area contributed by atoms with E-state index in [0.717, 1.165) is 11.4 Å². The van der Waals surface area contributed by atoms with Crippen molar-refractivity contribution in [2.75, 3.05) is 5.73 Å². The fraction of sp³-hybridized carbons (Fsp3) is 0.0833. The maximum Gasteiger partial charge on any atom is 0.251 e. The number of anilines is 1. The van der Waals surface area contributed by atoms with Crippen LogP contribution in [0.3, 0.4) is 0 Å². The molecular formula is C24H17Cl2FN6O2. The number of nitrogens with two attached hydrogens (primary N) is 1. The summed E-state index contributed by atoms with van der Waals surface area (Å²) in [6, 6.07) is 11.3. The van der Waals surface area contributed by atoms with E-state index in [1.807, 2.05) is 19.1 Å². The van der Waals surface area contributed by atoms with E-state index in [9.17, 15) is 0 Å². The number of halogens is 3. The Kier molecular flexibility index (Phi) is 6.10. The zero-order chi connectivity index (χ0) is 24.5. The van der Waals surface area contributed by atoms with Crippen molar-refractivity contribution in [3.05, 3.63) is 94.1 Å². The van der Waals surface area contributed by atoms with Gasteiger partial charge in [-0.05, 0) is 37.3 Å².